The van der Waals surface area contributed by atoms with Crippen LogP contribution in [0.25, 0.3) is 11.1 Å². The van der Waals surface area contributed by atoms with Crippen molar-refractivity contribution in [3.63, 3.8) is 0 Å². The van der Waals surface area contributed by atoms with Crippen LogP contribution in [0.3, 0.4) is 0 Å². The number of hydrogen-bond donors (Lipinski definition) is 2. The summed E-state index contributed by atoms with van der Waals surface area (Å²) in [5, 5.41) is 11.7. The van der Waals surface area contributed by atoms with Gasteiger partial charge in [0, 0.05) is 17.4 Å². The standard InChI is InChI=1S/C15H12N4O/c16-8-7-10-1-4-12(5-2-10)18-15-19-13-6-3-11(17)9-14(13)20-15/h1-6,9H,7,17H2,(H,18,19). The number of nitrogen functional groups attached to an aromatic ring is 1. The van der Waals surface area contributed by atoms with E-state index in [0.717, 1.165) is 16.8 Å². The van der Waals surface area contributed by atoms with Crippen molar-refractivity contribution in [3.05, 3.63) is 48.0 Å². The molecule has 3 aromatic rings. The number of nitrogens with one attached hydrogen (secondary N) is 1. The smallest absolute Gasteiger partial charge is 0.300 e. The van der Waals surface area contributed by atoms with Gasteiger partial charge < -0.3 is 15.5 Å². The lowest BCUT2D eigenvalue weighted by molar-refractivity contribution is 0.623. The lowest BCUT2D eigenvalue weighted by Gasteiger charge is -2.01. The van der Waals surface area contributed by atoms with Gasteiger partial charge >= 0.3 is 0 Å². The zero-order valence-electron chi connectivity index (χ0n) is 10.6. The highest BCUT2D eigenvalue weighted by molar-refractivity contribution is 5.78. The van der Waals surface area contributed by atoms with Crippen LogP contribution < -0.4 is 11.1 Å². The first-order chi connectivity index (χ1) is 9.74. The number of anilines is 3. The Balaban J connectivity index is 1.83. The van der Waals surface area contributed by atoms with Crippen LogP contribution >= 0.6 is 0 Å². The quantitative estimate of drug-likeness (QED) is 0.709. The molecule has 2 aromatic carbocycles. The monoisotopic (exact) mass is 264 g/mol. The van der Waals surface area contributed by atoms with E-state index in [1.54, 1.807) is 12.1 Å². The Labute approximate surface area is 115 Å². The summed E-state index contributed by atoms with van der Waals surface area (Å²) in [7, 11) is 0. The van der Waals surface area contributed by atoms with E-state index in [0.29, 0.717) is 23.7 Å². The van der Waals surface area contributed by atoms with Crippen molar-refractivity contribution < 1.29 is 4.42 Å². The zero-order valence-corrected chi connectivity index (χ0v) is 10.6. The summed E-state index contributed by atoms with van der Waals surface area (Å²) in [6.07, 6.45) is 0.405. The first-order valence-electron chi connectivity index (χ1n) is 6.13. The fourth-order valence-electron chi connectivity index (χ4n) is 1.92. The van der Waals surface area contributed by atoms with E-state index in [9.17, 15) is 0 Å². The van der Waals surface area contributed by atoms with Gasteiger partial charge in [0.25, 0.3) is 6.01 Å². The number of nitrogens with two attached hydrogens (primary N) is 1. The summed E-state index contributed by atoms with van der Waals surface area (Å²) in [6.45, 7) is 0. The minimum atomic E-state index is 0.405. The molecule has 5 nitrogen and oxygen atoms in total. The highest BCUT2D eigenvalue weighted by atomic mass is 16.4. The van der Waals surface area contributed by atoms with Crippen LogP contribution in [-0.2, 0) is 6.42 Å². The SMILES string of the molecule is N#CCc1ccc(Nc2nc3ccc(N)cc3o2)cc1. The van der Waals surface area contributed by atoms with Crippen LogP contribution in [0.2, 0.25) is 0 Å². The molecule has 1 aromatic heterocycles. The van der Waals surface area contributed by atoms with Crippen molar-refractivity contribution in [2.24, 2.45) is 0 Å². The van der Waals surface area contributed by atoms with Crippen molar-refractivity contribution in [2.45, 2.75) is 6.42 Å². The molecule has 3 rings (SSSR count). The van der Waals surface area contributed by atoms with Gasteiger partial charge in [0.15, 0.2) is 5.58 Å². The number of nitrogens with zero attached hydrogens (tertiary/aromatic N) is 2. The van der Waals surface area contributed by atoms with Gasteiger partial charge in [-0.05, 0) is 29.8 Å². The van der Waals surface area contributed by atoms with Gasteiger partial charge in [-0.2, -0.15) is 10.2 Å². The fourth-order valence-corrected chi connectivity index (χ4v) is 1.92. The third-order valence-corrected chi connectivity index (χ3v) is 2.90. The molecule has 0 amide bonds. The van der Waals surface area contributed by atoms with Crippen LogP contribution in [0.4, 0.5) is 17.4 Å². The molecule has 0 bridgehead atoms. The van der Waals surface area contributed by atoms with E-state index in [2.05, 4.69) is 16.4 Å². The fraction of sp³-hybridized carbons (Fsp3) is 0.0667. The second-order valence-corrected chi connectivity index (χ2v) is 4.40. The second kappa shape index (κ2) is 4.94. The summed E-state index contributed by atoms with van der Waals surface area (Å²) < 4.78 is 5.58. The molecule has 20 heavy (non-hydrogen) atoms. The van der Waals surface area contributed by atoms with Crippen LogP contribution in [0.1, 0.15) is 5.56 Å². The third kappa shape index (κ3) is 2.40. The van der Waals surface area contributed by atoms with Gasteiger partial charge in [0.1, 0.15) is 5.52 Å². The van der Waals surface area contributed by atoms with E-state index < -0.39 is 0 Å². The highest BCUT2D eigenvalue weighted by Crippen LogP contribution is 2.23. The number of hydrogen-bond acceptors (Lipinski definition) is 5. The van der Waals surface area contributed by atoms with E-state index in [1.807, 2.05) is 30.3 Å². The van der Waals surface area contributed by atoms with Crippen molar-refractivity contribution in [2.75, 3.05) is 11.1 Å². The zero-order chi connectivity index (χ0) is 13.9. The number of benzene rings is 2. The number of aromatic nitrogens is 1. The van der Waals surface area contributed by atoms with Crippen LogP contribution in [0, 0.1) is 11.3 Å². The Morgan fingerprint density at radius 1 is 1.20 bits per heavy atom. The van der Waals surface area contributed by atoms with Gasteiger partial charge in [0.05, 0.1) is 12.5 Å². The first-order valence-corrected chi connectivity index (χ1v) is 6.13. The van der Waals surface area contributed by atoms with Crippen LogP contribution in [-0.4, -0.2) is 4.98 Å². The molecule has 1 heterocycles. The van der Waals surface area contributed by atoms with Crippen molar-refractivity contribution in [1.29, 1.82) is 5.26 Å². The van der Waals surface area contributed by atoms with Crippen molar-refractivity contribution in [1.82, 2.24) is 4.98 Å². The van der Waals surface area contributed by atoms with E-state index in [4.69, 9.17) is 15.4 Å². The Morgan fingerprint density at radius 3 is 2.75 bits per heavy atom. The van der Waals surface area contributed by atoms with Gasteiger partial charge in [0.2, 0.25) is 0 Å². The minimum Gasteiger partial charge on any atom is -0.423 e. The highest BCUT2D eigenvalue weighted by Gasteiger charge is 2.06. The number of oxazole rings is 1. The second-order valence-electron chi connectivity index (χ2n) is 4.40. The van der Waals surface area contributed by atoms with Gasteiger partial charge in [-0.1, -0.05) is 12.1 Å². The first kappa shape index (κ1) is 12.1. The lowest BCUT2D eigenvalue weighted by Crippen LogP contribution is -1.90. The third-order valence-electron chi connectivity index (χ3n) is 2.90. The number of fused-ring (bicyclic) bond motifs is 1. The molecule has 0 radical (unpaired) electrons. The van der Waals surface area contributed by atoms with E-state index in [1.165, 1.54) is 0 Å². The molecule has 0 aliphatic carbocycles. The molecule has 0 saturated heterocycles. The molecule has 98 valence electrons. The predicted octanol–water partition coefficient (Wildman–Crippen LogP) is 3.22. The predicted molar refractivity (Wildman–Crippen MR) is 77.5 cm³/mol. The Hall–Kier alpha value is -3.00. The minimum absolute atomic E-state index is 0.405. The van der Waals surface area contributed by atoms with E-state index in [-0.39, 0.29) is 0 Å². The largest absolute Gasteiger partial charge is 0.423 e. The van der Waals surface area contributed by atoms with Crippen LogP contribution in [0.15, 0.2) is 46.9 Å². The topological polar surface area (TPSA) is 87.9 Å². The van der Waals surface area contributed by atoms with Crippen LogP contribution in [0.5, 0.6) is 0 Å². The maximum Gasteiger partial charge on any atom is 0.300 e. The molecule has 0 fully saturated rings. The van der Waals surface area contributed by atoms with Crippen molar-refractivity contribution in [3.8, 4) is 6.07 Å². The Kier molecular flexibility index (Phi) is 2.98. The molecule has 0 unspecified atom stereocenters. The van der Waals surface area contributed by atoms with Gasteiger partial charge in [-0.25, -0.2) is 0 Å². The average molecular weight is 264 g/mol. The molecule has 0 atom stereocenters. The Morgan fingerprint density at radius 2 is 2.00 bits per heavy atom. The molecule has 0 aliphatic rings. The molecule has 5 heteroatoms. The molecular formula is C15H12N4O. The number of nitriles is 1. The summed E-state index contributed by atoms with van der Waals surface area (Å²) >= 11 is 0. The summed E-state index contributed by atoms with van der Waals surface area (Å²) in [4.78, 5) is 4.32. The van der Waals surface area contributed by atoms with Gasteiger partial charge in [-0.3, -0.25) is 0 Å². The summed E-state index contributed by atoms with van der Waals surface area (Å²) in [5.74, 6) is 0. The molecule has 0 saturated carbocycles. The summed E-state index contributed by atoms with van der Waals surface area (Å²) in [5.41, 5.74) is 9.56. The Bertz CT molecular complexity index is 784. The maximum atomic E-state index is 8.63. The normalized spacial score (nSPS) is 10.3. The number of rotatable bonds is 3. The average Bonchev–Trinajstić information content (AvgIpc) is 2.82. The lowest BCUT2D eigenvalue weighted by atomic mass is 10.1. The molecular weight excluding hydrogens is 252 g/mol. The van der Waals surface area contributed by atoms with E-state index >= 15 is 0 Å². The molecule has 0 spiro atoms. The molecule has 0 aliphatic heterocycles. The summed E-state index contributed by atoms with van der Waals surface area (Å²) in [6, 6.07) is 15.4. The molecule has 3 N–H and O–H groups in total. The van der Waals surface area contributed by atoms with Crippen molar-refractivity contribution >= 4 is 28.5 Å². The van der Waals surface area contributed by atoms with Gasteiger partial charge in [-0.15, -0.1) is 0 Å². The maximum absolute atomic E-state index is 8.63.